The van der Waals surface area contributed by atoms with E-state index in [1.807, 2.05) is 30.3 Å². The lowest BCUT2D eigenvalue weighted by Crippen LogP contribution is -2.38. The van der Waals surface area contributed by atoms with Crippen LogP contribution in [0, 0.1) is 5.92 Å². The molecule has 0 saturated carbocycles. The average Bonchev–Trinajstić information content (AvgIpc) is 2.70. The van der Waals surface area contributed by atoms with Crippen molar-refractivity contribution >= 4 is 28.8 Å². The molecule has 28 heavy (non-hydrogen) atoms. The standard InChI is InChI=1S/C21H21ClN4O2/c22-16-6-7-19-23-18(12-20(27)26(19)13-16)14-25-10-8-15(9-11-25)21(28)24-17-4-2-1-3-5-17/h1-7,12-13,15H,8-11,14H2,(H,24,28). The number of nitrogens with one attached hydrogen (secondary N) is 1. The molecule has 2 aromatic heterocycles. The first-order chi connectivity index (χ1) is 13.6. The highest BCUT2D eigenvalue weighted by molar-refractivity contribution is 6.30. The Hall–Kier alpha value is -2.70. The normalized spacial score (nSPS) is 15.6. The number of carbonyl (C=O) groups is 1. The fraction of sp³-hybridized carbons (Fsp3) is 0.286. The summed E-state index contributed by atoms with van der Waals surface area (Å²) in [5.74, 6) is 0.0820. The number of hydrogen-bond donors (Lipinski definition) is 1. The first kappa shape index (κ1) is 18.7. The summed E-state index contributed by atoms with van der Waals surface area (Å²) in [4.78, 5) is 31.6. The lowest BCUT2D eigenvalue weighted by molar-refractivity contribution is -0.121. The van der Waals surface area contributed by atoms with E-state index in [1.165, 1.54) is 4.40 Å². The van der Waals surface area contributed by atoms with E-state index in [2.05, 4.69) is 15.2 Å². The van der Waals surface area contributed by atoms with Crippen molar-refractivity contribution in [2.75, 3.05) is 18.4 Å². The van der Waals surface area contributed by atoms with Crippen molar-refractivity contribution in [3.8, 4) is 0 Å². The summed E-state index contributed by atoms with van der Waals surface area (Å²) in [6.07, 6.45) is 3.16. The van der Waals surface area contributed by atoms with E-state index in [9.17, 15) is 9.59 Å². The van der Waals surface area contributed by atoms with Gasteiger partial charge in [-0.25, -0.2) is 4.98 Å². The zero-order valence-electron chi connectivity index (χ0n) is 15.3. The van der Waals surface area contributed by atoms with Gasteiger partial charge in [0.15, 0.2) is 0 Å². The maximum Gasteiger partial charge on any atom is 0.258 e. The Morgan fingerprint density at radius 2 is 1.89 bits per heavy atom. The van der Waals surface area contributed by atoms with Gasteiger partial charge in [-0.2, -0.15) is 0 Å². The number of anilines is 1. The minimum atomic E-state index is -0.139. The Bertz CT molecular complexity index is 1040. The summed E-state index contributed by atoms with van der Waals surface area (Å²) in [5.41, 5.74) is 2.01. The minimum absolute atomic E-state index is 0.00813. The van der Waals surface area contributed by atoms with E-state index in [0.29, 0.717) is 17.2 Å². The first-order valence-electron chi connectivity index (χ1n) is 9.34. The molecule has 0 unspecified atom stereocenters. The molecule has 144 valence electrons. The Balaban J connectivity index is 1.37. The molecule has 1 aliphatic heterocycles. The van der Waals surface area contributed by atoms with Gasteiger partial charge in [0.1, 0.15) is 5.65 Å². The lowest BCUT2D eigenvalue weighted by Gasteiger charge is -2.31. The zero-order valence-corrected chi connectivity index (χ0v) is 16.1. The maximum absolute atomic E-state index is 12.5. The monoisotopic (exact) mass is 396 g/mol. The molecule has 6 nitrogen and oxygen atoms in total. The number of likely N-dealkylation sites (tertiary alicyclic amines) is 1. The van der Waals surface area contributed by atoms with E-state index >= 15 is 0 Å². The molecule has 1 aliphatic rings. The number of rotatable bonds is 4. The largest absolute Gasteiger partial charge is 0.326 e. The number of carbonyl (C=O) groups excluding carboxylic acids is 1. The van der Waals surface area contributed by atoms with E-state index < -0.39 is 0 Å². The number of hydrogen-bond acceptors (Lipinski definition) is 4. The summed E-state index contributed by atoms with van der Waals surface area (Å²) in [6.45, 7) is 2.20. The molecule has 1 N–H and O–H groups in total. The fourth-order valence-corrected chi connectivity index (χ4v) is 3.72. The van der Waals surface area contributed by atoms with Crippen LogP contribution in [0.15, 0.2) is 59.5 Å². The van der Waals surface area contributed by atoms with Gasteiger partial charge in [0.05, 0.1) is 10.7 Å². The van der Waals surface area contributed by atoms with E-state index in [0.717, 1.165) is 37.3 Å². The van der Waals surface area contributed by atoms with Crippen LogP contribution in [0.5, 0.6) is 0 Å². The van der Waals surface area contributed by atoms with Crippen LogP contribution < -0.4 is 10.9 Å². The molecule has 0 bridgehead atoms. The average molecular weight is 397 g/mol. The number of nitrogens with zero attached hydrogens (tertiary/aromatic N) is 3. The molecule has 1 aromatic carbocycles. The number of para-hydroxylation sites is 1. The molecule has 0 spiro atoms. The third kappa shape index (κ3) is 4.24. The van der Waals surface area contributed by atoms with Gasteiger partial charge >= 0.3 is 0 Å². The Morgan fingerprint density at radius 1 is 1.14 bits per heavy atom. The molecular weight excluding hydrogens is 376 g/mol. The Labute approximate surface area is 167 Å². The molecule has 3 heterocycles. The molecule has 0 atom stereocenters. The number of fused-ring (bicyclic) bond motifs is 1. The Kier molecular flexibility index (Phi) is 5.41. The minimum Gasteiger partial charge on any atom is -0.326 e. The van der Waals surface area contributed by atoms with Crippen molar-refractivity contribution in [1.29, 1.82) is 0 Å². The van der Waals surface area contributed by atoms with Crippen molar-refractivity contribution < 1.29 is 4.79 Å². The van der Waals surface area contributed by atoms with Crippen LogP contribution >= 0.6 is 11.6 Å². The van der Waals surface area contributed by atoms with E-state index in [4.69, 9.17) is 11.6 Å². The van der Waals surface area contributed by atoms with E-state index in [-0.39, 0.29) is 17.4 Å². The van der Waals surface area contributed by atoms with Crippen LogP contribution in [-0.2, 0) is 11.3 Å². The second-order valence-corrected chi connectivity index (χ2v) is 7.50. The molecule has 0 radical (unpaired) electrons. The van der Waals surface area contributed by atoms with Gasteiger partial charge in [0, 0.05) is 30.4 Å². The third-order valence-electron chi connectivity index (χ3n) is 5.06. The van der Waals surface area contributed by atoms with Gasteiger partial charge < -0.3 is 5.32 Å². The van der Waals surface area contributed by atoms with Crippen molar-refractivity contribution in [3.05, 3.63) is 75.8 Å². The molecule has 1 fully saturated rings. The number of amides is 1. The quantitative estimate of drug-likeness (QED) is 0.735. The van der Waals surface area contributed by atoms with Crippen molar-refractivity contribution in [3.63, 3.8) is 0 Å². The predicted octanol–water partition coefficient (Wildman–Crippen LogP) is 3.20. The number of benzene rings is 1. The molecule has 0 aliphatic carbocycles. The van der Waals surface area contributed by atoms with Crippen LogP contribution in [0.3, 0.4) is 0 Å². The third-order valence-corrected chi connectivity index (χ3v) is 5.29. The smallest absolute Gasteiger partial charge is 0.258 e. The SMILES string of the molecule is O=C(Nc1ccccc1)C1CCN(Cc2cc(=O)n3cc(Cl)ccc3n2)CC1. The van der Waals surface area contributed by atoms with Gasteiger partial charge in [0.25, 0.3) is 5.56 Å². The first-order valence-corrected chi connectivity index (χ1v) is 9.72. The topological polar surface area (TPSA) is 66.7 Å². The van der Waals surface area contributed by atoms with E-state index in [1.54, 1.807) is 24.4 Å². The lowest BCUT2D eigenvalue weighted by atomic mass is 9.95. The number of aromatic nitrogens is 2. The summed E-state index contributed by atoms with van der Waals surface area (Å²) >= 11 is 5.95. The predicted molar refractivity (Wildman–Crippen MR) is 110 cm³/mol. The summed E-state index contributed by atoms with van der Waals surface area (Å²) < 4.78 is 1.45. The van der Waals surface area contributed by atoms with Gasteiger partial charge in [-0.05, 0) is 50.2 Å². The highest BCUT2D eigenvalue weighted by Gasteiger charge is 2.25. The van der Waals surface area contributed by atoms with Gasteiger partial charge in [0.2, 0.25) is 5.91 Å². The van der Waals surface area contributed by atoms with Crippen molar-refractivity contribution in [1.82, 2.24) is 14.3 Å². The highest BCUT2D eigenvalue weighted by Crippen LogP contribution is 2.20. The van der Waals surface area contributed by atoms with Gasteiger partial charge in [-0.15, -0.1) is 0 Å². The number of halogens is 1. The van der Waals surface area contributed by atoms with Crippen LogP contribution in [0.4, 0.5) is 5.69 Å². The summed E-state index contributed by atoms with van der Waals surface area (Å²) in [7, 11) is 0. The molecule has 4 rings (SSSR count). The number of piperidine rings is 1. The second kappa shape index (κ2) is 8.12. The summed E-state index contributed by atoms with van der Waals surface area (Å²) in [5, 5.41) is 3.48. The zero-order chi connectivity index (χ0) is 19.5. The van der Waals surface area contributed by atoms with Crippen molar-refractivity contribution in [2.45, 2.75) is 19.4 Å². The summed E-state index contributed by atoms with van der Waals surface area (Å²) in [6, 6.07) is 14.6. The maximum atomic E-state index is 12.5. The van der Waals surface area contributed by atoms with Crippen LogP contribution in [-0.4, -0.2) is 33.3 Å². The fourth-order valence-electron chi connectivity index (χ4n) is 3.56. The number of pyridine rings is 1. The van der Waals surface area contributed by atoms with Crippen molar-refractivity contribution in [2.24, 2.45) is 5.92 Å². The van der Waals surface area contributed by atoms with Crippen LogP contribution in [0.2, 0.25) is 5.02 Å². The van der Waals surface area contributed by atoms with Crippen LogP contribution in [0.25, 0.3) is 5.65 Å². The molecular formula is C21H21ClN4O2. The Morgan fingerprint density at radius 3 is 2.64 bits per heavy atom. The van der Waals surface area contributed by atoms with Gasteiger partial charge in [-0.3, -0.25) is 18.9 Å². The molecule has 1 amide bonds. The van der Waals surface area contributed by atoms with Crippen LogP contribution in [0.1, 0.15) is 18.5 Å². The van der Waals surface area contributed by atoms with Gasteiger partial charge in [-0.1, -0.05) is 29.8 Å². The second-order valence-electron chi connectivity index (χ2n) is 7.07. The highest BCUT2D eigenvalue weighted by atomic mass is 35.5. The molecule has 7 heteroatoms. The molecule has 1 saturated heterocycles. The molecule has 3 aromatic rings.